The van der Waals surface area contributed by atoms with Crippen LogP contribution in [-0.2, 0) is 10.1 Å². The van der Waals surface area contributed by atoms with Gasteiger partial charge in [0.05, 0.1) is 12.4 Å². The number of benzene rings is 3. The highest BCUT2D eigenvalue weighted by Gasteiger charge is 2.10. The van der Waals surface area contributed by atoms with Crippen molar-refractivity contribution in [3.05, 3.63) is 66.7 Å². The Morgan fingerprint density at radius 1 is 0.759 bits per heavy atom. The average Bonchev–Trinajstić information content (AvgIpc) is 2.68. The second-order valence-electron chi connectivity index (χ2n) is 6.80. The van der Waals surface area contributed by atoms with Crippen molar-refractivity contribution < 1.29 is 17.7 Å². The molecule has 0 saturated heterocycles. The Kier molecular flexibility index (Phi) is 6.41. The minimum Gasteiger partial charge on any atom is -0.493 e. The molecule has 0 spiro atoms. The van der Waals surface area contributed by atoms with Crippen LogP contribution in [0.25, 0.3) is 22.3 Å². The number of hydrogen-bond donors (Lipinski definition) is 3. The van der Waals surface area contributed by atoms with E-state index in [0.29, 0.717) is 36.6 Å². The molecule has 29 heavy (non-hydrogen) atoms. The van der Waals surface area contributed by atoms with Crippen LogP contribution in [0, 0.1) is 0 Å². The smallest absolute Gasteiger partial charge is 0.264 e. The molecule has 0 aliphatic carbocycles. The topological polar surface area (TPSA) is 116 Å². The first-order valence-electron chi connectivity index (χ1n) is 9.26. The number of anilines is 2. The molecule has 0 unspecified atom stereocenters. The maximum Gasteiger partial charge on any atom is 0.264 e. The molecule has 0 fully saturated rings. The van der Waals surface area contributed by atoms with Gasteiger partial charge in [0.15, 0.2) is 0 Å². The molecule has 0 radical (unpaired) electrons. The SMILES string of the molecule is Nc1ccc(-c2ccc(-c3ccc(N)cc3)c(OCCCCS(=O)(=O)O)c2)cc1. The fraction of sp³-hybridized carbons (Fsp3) is 0.182. The Labute approximate surface area is 170 Å². The van der Waals surface area contributed by atoms with Crippen LogP contribution in [0.15, 0.2) is 66.7 Å². The summed E-state index contributed by atoms with van der Waals surface area (Å²) in [6, 6.07) is 21.1. The summed E-state index contributed by atoms with van der Waals surface area (Å²) in [5.74, 6) is 0.420. The van der Waals surface area contributed by atoms with Crippen LogP contribution in [-0.4, -0.2) is 25.3 Å². The third-order valence-corrected chi connectivity index (χ3v) is 5.31. The molecule has 0 bridgehead atoms. The van der Waals surface area contributed by atoms with Gasteiger partial charge in [0, 0.05) is 16.9 Å². The summed E-state index contributed by atoms with van der Waals surface area (Å²) in [4.78, 5) is 0. The van der Waals surface area contributed by atoms with Gasteiger partial charge in [0.25, 0.3) is 10.1 Å². The maximum atomic E-state index is 10.9. The zero-order chi connectivity index (χ0) is 20.9. The zero-order valence-corrected chi connectivity index (χ0v) is 16.7. The monoisotopic (exact) mass is 412 g/mol. The molecule has 152 valence electrons. The lowest BCUT2D eigenvalue weighted by molar-refractivity contribution is 0.310. The number of rotatable bonds is 8. The molecule has 0 heterocycles. The number of ether oxygens (including phenoxy) is 1. The summed E-state index contributed by atoms with van der Waals surface area (Å²) >= 11 is 0. The predicted octanol–water partition coefficient (Wildman–Crippen LogP) is 4.23. The van der Waals surface area contributed by atoms with E-state index in [1.807, 2.05) is 66.7 Å². The van der Waals surface area contributed by atoms with Crippen LogP contribution in [0.1, 0.15) is 12.8 Å². The number of nitrogen functional groups attached to an aromatic ring is 2. The van der Waals surface area contributed by atoms with Crippen LogP contribution < -0.4 is 16.2 Å². The average molecular weight is 413 g/mol. The van der Waals surface area contributed by atoms with Gasteiger partial charge in [-0.05, 0) is 59.9 Å². The Hall–Kier alpha value is -3.03. The predicted molar refractivity (Wildman–Crippen MR) is 117 cm³/mol. The Morgan fingerprint density at radius 3 is 1.90 bits per heavy atom. The zero-order valence-electron chi connectivity index (χ0n) is 15.9. The van der Waals surface area contributed by atoms with Crippen LogP contribution in [0.3, 0.4) is 0 Å². The summed E-state index contributed by atoms with van der Waals surface area (Å²) in [5, 5.41) is 0. The van der Waals surface area contributed by atoms with Crippen LogP contribution in [0.5, 0.6) is 5.75 Å². The van der Waals surface area contributed by atoms with Crippen molar-refractivity contribution in [1.82, 2.24) is 0 Å². The first-order valence-corrected chi connectivity index (χ1v) is 10.9. The summed E-state index contributed by atoms with van der Waals surface area (Å²) < 4.78 is 36.5. The van der Waals surface area contributed by atoms with E-state index in [0.717, 1.165) is 22.3 Å². The first-order chi connectivity index (χ1) is 13.8. The lowest BCUT2D eigenvalue weighted by Crippen LogP contribution is -2.06. The number of nitrogens with two attached hydrogens (primary N) is 2. The van der Waals surface area contributed by atoms with Crippen LogP contribution in [0.4, 0.5) is 11.4 Å². The van der Waals surface area contributed by atoms with Crippen molar-refractivity contribution >= 4 is 21.5 Å². The highest BCUT2D eigenvalue weighted by atomic mass is 32.2. The van der Waals surface area contributed by atoms with Crippen molar-refractivity contribution in [3.63, 3.8) is 0 Å². The molecule has 0 amide bonds. The second-order valence-corrected chi connectivity index (χ2v) is 8.37. The van der Waals surface area contributed by atoms with Gasteiger partial charge in [-0.15, -0.1) is 0 Å². The summed E-state index contributed by atoms with van der Waals surface area (Å²) in [5.41, 5.74) is 16.8. The Morgan fingerprint density at radius 2 is 1.31 bits per heavy atom. The van der Waals surface area contributed by atoms with E-state index in [9.17, 15) is 8.42 Å². The summed E-state index contributed by atoms with van der Waals surface area (Å²) in [6.07, 6.45) is 0.834. The lowest BCUT2D eigenvalue weighted by atomic mass is 9.99. The minimum absolute atomic E-state index is 0.271. The first kappa shape index (κ1) is 20.7. The number of unbranched alkanes of at least 4 members (excludes halogenated alkanes) is 1. The molecule has 3 aromatic carbocycles. The van der Waals surface area contributed by atoms with E-state index in [-0.39, 0.29) is 5.75 Å². The highest BCUT2D eigenvalue weighted by Crippen LogP contribution is 2.35. The largest absolute Gasteiger partial charge is 0.493 e. The van der Waals surface area contributed by atoms with E-state index in [1.165, 1.54) is 0 Å². The van der Waals surface area contributed by atoms with Gasteiger partial charge in [0.2, 0.25) is 0 Å². The minimum atomic E-state index is -3.95. The lowest BCUT2D eigenvalue weighted by Gasteiger charge is -2.14. The van der Waals surface area contributed by atoms with Gasteiger partial charge in [0.1, 0.15) is 5.75 Å². The van der Waals surface area contributed by atoms with Gasteiger partial charge >= 0.3 is 0 Å². The van der Waals surface area contributed by atoms with Crippen molar-refractivity contribution in [1.29, 1.82) is 0 Å². The third kappa shape index (κ3) is 5.97. The van der Waals surface area contributed by atoms with Crippen LogP contribution in [0.2, 0.25) is 0 Å². The molecule has 0 aliphatic rings. The standard InChI is InChI=1S/C22H24N2O4S/c23-19-8-3-16(4-9-19)18-7-12-21(17-5-10-20(24)11-6-17)22(15-18)28-13-1-2-14-29(25,26)27/h3-12,15H,1-2,13-14,23-24H2,(H,25,26,27). The molecule has 3 rings (SSSR count). The molecule has 0 atom stereocenters. The molecular formula is C22H24N2O4S. The summed E-state index contributed by atoms with van der Waals surface area (Å²) in [7, 11) is -3.95. The Balaban J connectivity index is 1.85. The van der Waals surface area contributed by atoms with Crippen LogP contribution >= 0.6 is 0 Å². The molecule has 0 aromatic heterocycles. The van der Waals surface area contributed by atoms with Crippen molar-refractivity contribution in [2.24, 2.45) is 0 Å². The van der Waals surface area contributed by atoms with E-state index in [2.05, 4.69) is 0 Å². The highest BCUT2D eigenvalue weighted by molar-refractivity contribution is 7.85. The maximum absolute atomic E-state index is 10.9. The van der Waals surface area contributed by atoms with Gasteiger partial charge in [-0.25, -0.2) is 0 Å². The normalized spacial score (nSPS) is 11.3. The molecule has 5 N–H and O–H groups in total. The quantitative estimate of drug-likeness (QED) is 0.290. The van der Waals surface area contributed by atoms with Crippen molar-refractivity contribution in [2.45, 2.75) is 12.8 Å². The van der Waals surface area contributed by atoms with Gasteiger partial charge < -0.3 is 16.2 Å². The summed E-state index contributed by atoms with van der Waals surface area (Å²) in [6.45, 7) is 0.336. The van der Waals surface area contributed by atoms with E-state index >= 15 is 0 Å². The second kappa shape index (κ2) is 8.98. The molecule has 7 heteroatoms. The van der Waals surface area contributed by atoms with Gasteiger partial charge in [-0.2, -0.15) is 8.42 Å². The molecule has 0 saturated carbocycles. The molecular weight excluding hydrogens is 388 g/mol. The number of hydrogen-bond acceptors (Lipinski definition) is 5. The molecule has 0 aliphatic heterocycles. The fourth-order valence-corrected chi connectivity index (χ4v) is 3.54. The van der Waals surface area contributed by atoms with Crippen molar-refractivity contribution in [2.75, 3.05) is 23.8 Å². The van der Waals surface area contributed by atoms with E-state index in [4.69, 9.17) is 20.8 Å². The van der Waals surface area contributed by atoms with Gasteiger partial charge in [-0.3, -0.25) is 4.55 Å². The Bertz CT molecular complexity index is 1060. The third-order valence-electron chi connectivity index (χ3n) is 4.50. The van der Waals surface area contributed by atoms with Gasteiger partial charge in [-0.1, -0.05) is 36.4 Å². The van der Waals surface area contributed by atoms with E-state index in [1.54, 1.807) is 0 Å². The molecule has 3 aromatic rings. The fourth-order valence-electron chi connectivity index (χ4n) is 2.97. The molecule has 6 nitrogen and oxygen atoms in total. The van der Waals surface area contributed by atoms with Crippen molar-refractivity contribution in [3.8, 4) is 28.0 Å². The van der Waals surface area contributed by atoms with E-state index < -0.39 is 10.1 Å².